The number of hydrogen-bond donors (Lipinski definition) is 0. The summed E-state index contributed by atoms with van der Waals surface area (Å²) in [7, 11) is -3.34. The van der Waals surface area contributed by atoms with Gasteiger partial charge in [-0.05, 0) is 78.5 Å². The molecule has 1 aromatic rings. The van der Waals surface area contributed by atoms with Crippen LogP contribution < -0.4 is 0 Å². The summed E-state index contributed by atoms with van der Waals surface area (Å²) in [5.74, 6) is 0. The molecule has 0 aromatic heterocycles. The number of piperidine rings is 1. The molecule has 1 aromatic carbocycles. The van der Waals surface area contributed by atoms with Crippen LogP contribution in [0.3, 0.4) is 0 Å². The zero-order valence-corrected chi connectivity index (χ0v) is 21.7. The Bertz CT molecular complexity index is 1030. The Hall–Kier alpha value is -1.58. The molecule has 1 saturated heterocycles. The minimum absolute atomic E-state index is 0.274. The smallest absolute Gasteiger partial charge is 0.410 e. The van der Waals surface area contributed by atoms with Crippen molar-refractivity contribution >= 4 is 33.0 Å². The van der Waals surface area contributed by atoms with E-state index in [2.05, 4.69) is 0 Å². The summed E-state index contributed by atoms with van der Waals surface area (Å²) in [6.07, 6.45) is 2.78. The van der Waals surface area contributed by atoms with Gasteiger partial charge in [-0.1, -0.05) is 10.5 Å². The Balaban J connectivity index is 1.96. The Morgan fingerprint density at radius 2 is 1.75 bits per heavy atom. The van der Waals surface area contributed by atoms with E-state index in [4.69, 9.17) is 9.13 Å². The van der Waals surface area contributed by atoms with Gasteiger partial charge >= 0.3 is 6.09 Å². The van der Waals surface area contributed by atoms with Crippen LogP contribution in [-0.2, 0) is 32.4 Å². The van der Waals surface area contributed by atoms with Crippen LogP contribution in [0.4, 0.5) is 4.79 Å². The number of carbonyl (C=O) groups excluding carboxylic acids is 1. The van der Waals surface area contributed by atoms with Crippen LogP contribution in [0.15, 0.2) is 27.5 Å². The van der Waals surface area contributed by atoms with Gasteiger partial charge in [0.05, 0.1) is 4.90 Å². The fourth-order valence-corrected chi connectivity index (χ4v) is 5.54. The van der Waals surface area contributed by atoms with Crippen LogP contribution >= 0.6 is 0 Å². The van der Waals surface area contributed by atoms with Crippen LogP contribution in [-0.4, -0.2) is 59.4 Å². The lowest BCUT2D eigenvalue weighted by Crippen LogP contribution is -2.47. The lowest BCUT2D eigenvalue weighted by molar-refractivity contribution is 0.0159. The van der Waals surface area contributed by atoms with Gasteiger partial charge in [-0.3, -0.25) is 0 Å². The maximum atomic E-state index is 13.0. The molecule has 1 aliphatic heterocycles. The van der Waals surface area contributed by atoms with E-state index < -0.39 is 31.5 Å². The number of fused-ring (bicyclic) bond motifs is 1. The summed E-state index contributed by atoms with van der Waals surface area (Å²) in [5.41, 5.74) is 1.60. The van der Waals surface area contributed by atoms with Crippen molar-refractivity contribution in [2.75, 3.05) is 19.3 Å². The van der Waals surface area contributed by atoms with E-state index in [-0.39, 0.29) is 16.4 Å². The van der Waals surface area contributed by atoms with Crippen molar-refractivity contribution in [3.63, 3.8) is 0 Å². The third kappa shape index (κ3) is 5.31. The van der Waals surface area contributed by atoms with Crippen LogP contribution in [0.1, 0.15) is 65.5 Å². The molecular formula is C23H34N2O5S2. The van der Waals surface area contributed by atoms with Crippen molar-refractivity contribution in [1.29, 1.82) is 0 Å². The zero-order valence-electron chi connectivity index (χ0n) is 20.0. The minimum Gasteiger partial charge on any atom is -0.591 e. The van der Waals surface area contributed by atoms with Gasteiger partial charge < -0.3 is 14.2 Å². The number of sulfone groups is 1. The van der Waals surface area contributed by atoms with E-state index in [1.54, 1.807) is 23.1 Å². The van der Waals surface area contributed by atoms with Crippen molar-refractivity contribution in [2.24, 2.45) is 9.81 Å². The molecule has 178 valence electrons. The van der Waals surface area contributed by atoms with Crippen molar-refractivity contribution in [2.45, 2.75) is 76.0 Å². The van der Waals surface area contributed by atoms with Gasteiger partial charge in [-0.25, -0.2) is 13.2 Å². The highest BCUT2D eigenvalue weighted by atomic mass is 32.2. The van der Waals surface area contributed by atoms with E-state index in [0.717, 1.165) is 16.8 Å². The summed E-state index contributed by atoms with van der Waals surface area (Å²) < 4.78 is 46.8. The van der Waals surface area contributed by atoms with Crippen molar-refractivity contribution in [1.82, 2.24) is 4.90 Å². The first kappa shape index (κ1) is 25.1. The maximum absolute atomic E-state index is 13.0. The van der Waals surface area contributed by atoms with Gasteiger partial charge in [0.2, 0.25) is 0 Å². The zero-order chi connectivity index (χ0) is 24.1. The third-order valence-corrected chi connectivity index (χ3v) is 8.37. The predicted octanol–water partition coefficient (Wildman–Crippen LogP) is 3.91. The maximum Gasteiger partial charge on any atom is 0.410 e. The molecule has 0 unspecified atom stereocenters. The molecular weight excluding hydrogens is 448 g/mol. The van der Waals surface area contributed by atoms with E-state index >= 15 is 0 Å². The number of rotatable bonds is 2. The van der Waals surface area contributed by atoms with Crippen LogP contribution in [0.2, 0.25) is 0 Å². The second kappa shape index (κ2) is 8.33. The van der Waals surface area contributed by atoms with E-state index in [0.29, 0.717) is 32.4 Å². The highest BCUT2D eigenvalue weighted by molar-refractivity contribution is 7.91. The van der Waals surface area contributed by atoms with Gasteiger partial charge in [0.15, 0.2) is 9.84 Å². The molecule has 0 N–H and O–H groups in total. The molecule has 9 heteroatoms. The summed E-state index contributed by atoms with van der Waals surface area (Å²) in [4.78, 5) is 14.5. The monoisotopic (exact) mass is 482 g/mol. The van der Waals surface area contributed by atoms with Gasteiger partial charge in [0.1, 0.15) is 27.4 Å². The number of benzene rings is 1. The number of nitrogens with zero attached hydrogens (tertiary/aromatic N) is 2. The second-order valence-corrected chi connectivity index (χ2v) is 14.7. The van der Waals surface area contributed by atoms with Crippen molar-refractivity contribution in [3.8, 4) is 0 Å². The van der Waals surface area contributed by atoms with Gasteiger partial charge in [0.25, 0.3) is 0 Å². The number of likely N-dealkylation sites (tertiary alicyclic amines) is 1. The van der Waals surface area contributed by atoms with Crippen molar-refractivity contribution in [3.05, 3.63) is 29.3 Å². The summed E-state index contributed by atoms with van der Waals surface area (Å²) in [6.45, 7) is 12.2. The van der Waals surface area contributed by atoms with E-state index in [1.165, 1.54) is 6.26 Å². The largest absolute Gasteiger partial charge is 0.591 e. The number of carbonyl (C=O) groups is 1. The first-order valence-electron chi connectivity index (χ1n) is 10.8. The average Bonchev–Trinajstić information content (AvgIpc) is 2.91. The molecule has 2 aliphatic rings. The fraction of sp³-hybridized carbons (Fsp3) is 0.652. The standard InChI is InChI=1S/C23H34N2O5S2/c1-21(2,3)30-20(26)25-12-10-23(11-13-25)15-16-14-17(32(7,28)29)8-9-18(16)19(23)24-31(27)22(4,5)6/h8-9,14H,10-13,15H2,1-7H3/t31-/m1/s1. The average molecular weight is 483 g/mol. The Morgan fingerprint density at radius 1 is 1.16 bits per heavy atom. The van der Waals surface area contributed by atoms with E-state index in [1.807, 2.05) is 41.5 Å². The first-order valence-corrected chi connectivity index (χ1v) is 13.8. The Morgan fingerprint density at radius 3 is 2.25 bits per heavy atom. The lowest BCUT2D eigenvalue weighted by atomic mass is 9.74. The number of ether oxygens (including phenoxy) is 1. The number of amides is 1. The first-order chi connectivity index (χ1) is 14.5. The molecule has 1 heterocycles. The molecule has 1 spiro atoms. The predicted molar refractivity (Wildman–Crippen MR) is 127 cm³/mol. The highest BCUT2D eigenvalue weighted by Crippen LogP contribution is 2.46. The molecule has 32 heavy (non-hydrogen) atoms. The van der Waals surface area contributed by atoms with Gasteiger partial charge in [0, 0.05) is 30.3 Å². The second-order valence-electron chi connectivity index (χ2n) is 10.8. The molecule has 7 nitrogen and oxygen atoms in total. The summed E-state index contributed by atoms with van der Waals surface area (Å²) in [6, 6.07) is 5.10. The minimum atomic E-state index is -3.34. The Kier molecular flexibility index (Phi) is 6.52. The summed E-state index contributed by atoms with van der Waals surface area (Å²) >= 11 is -1.45. The van der Waals surface area contributed by atoms with Gasteiger partial charge in [-0.2, -0.15) is 0 Å². The molecule has 1 fully saturated rings. The molecule has 0 radical (unpaired) electrons. The quantitative estimate of drug-likeness (QED) is 0.595. The Labute approximate surface area is 194 Å². The van der Waals surface area contributed by atoms with Gasteiger partial charge in [-0.15, -0.1) is 0 Å². The molecule has 1 atom stereocenters. The van der Waals surface area contributed by atoms with E-state index in [9.17, 15) is 17.8 Å². The molecule has 1 amide bonds. The molecule has 1 aliphatic carbocycles. The van der Waals surface area contributed by atoms with Crippen LogP contribution in [0.5, 0.6) is 0 Å². The molecule has 0 bridgehead atoms. The fourth-order valence-electron chi connectivity index (χ4n) is 4.14. The SMILES string of the molecule is CC(C)(C)OC(=O)N1CCC2(CC1)Cc1cc(S(C)(=O)=O)ccc1C2=N[S@+]([O-])C(C)(C)C. The topological polar surface area (TPSA) is 99.1 Å². The summed E-state index contributed by atoms with van der Waals surface area (Å²) in [5, 5.41) is 0. The molecule has 0 saturated carbocycles. The van der Waals surface area contributed by atoms with Crippen molar-refractivity contribution < 1.29 is 22.5 Å². The highest BCUT2D eigenvalue weighted by Gasteiger charge is 2.48. The van der Waals surface area contributed by atoms with Crippen LogP contribution in [0, 0.1) is 5.41 Å². The normalized spacial score (nSPS) is 21.0. The molecule has 3 rings (SSSR count). The lowest BCUT2D eigenvalue weighted by Gasteiger charge is -2.39. The third-order valence-electron chi connectivity index (χ3n) is 5.86. The number of hydrogen-bond acceptors (Lipinski definition) is 6. The van der Waals surface area contributed by atoms with Crippen LogP contribution in [0.25, 0.3) is 0 Å².